The number of hydrogen-bond donors (Lipinski definition) is 2. The number of nitrogens with two attached hydrogens (primary N) is 1. The monoisotopic (exact) mass is 371 g/mol. The van der Waals surface area contributed by atoms with Crippen LogP contribution in [-0.4, -0.2) is 26.5 Å². The number of rotatable bonds is 6. The molecule has 0 aliphatic heterocycles. The molecule has 0 bridgehead atoms. The second-order valence-electron chi connectivity index (χ2n) is 5.65. The van der Waals surface area contributed by atoms with Gasteiger partial charge in [-0.3, -0.25) is 4.79 Å². The fourth-order valence-electron chi connectivity index (χ4n) is 2.39. The molecular formula is C18H18FN5OS. The van der Waals surface area contributed by atoms with Crippen LogP contribution in [0.3, 0.4) is 0 Å². The summed E-state index contributed by atoms with van der Waals surface area (Å²) in [6.07, 6.45) is 0. The van der Waals surface area contributed by atoms with Crippen molar-refractivity contribution in [1.29, 1.82) is 0 Å². The first-order chi connectivity index (χ1) is 12.6. The van der Waals surface area contributed by atoms with Crippen LogP contribution < -0.4 is 11.2 Å². The van der Waals surface area contributed by atoms with Crippen LogP contribution >= 0.6 is 11.8 Å². The predicted molar refractivity (Wildman–Crippen MR) is 99.3 cm³/mol. The van der Waals surface area contributed by atoms with E-state index in [1.54, 1.807) is 18.2 Å². The van der Waals surface area contributed by atoms with E-state index in [-0.39, 0.29) is 23.0 Å². The molecule has 134 valence electrons. The van der Waals surface area contributed by atoms with Gasteiger partial charge in [-0.25, -0.2) is 9.07 Å². The van der Waals surface area contributed by atoms with E-state index in [0.29, 0.717) is 11.7 Å². The summed E-state index contributed by atoms with van der Waals surface area (Å²) < 4.78 is 15.1. The zero-order chi connectivity index (χ0) is 18.5. The van der Waals surface area contributed by atoms with E-state index in [4.69, 9.17) is 5.84 Å². The lowest BCUT2D eigenvalue weighted by atomic mass is 10.1. The molecule has 6 nitrogen and oxygen atoms in total. The summed E-state index contributed by atoms with van der Waals surface area (Å²) in [6.45, 7) is 2.46. The molecule has 3 rings (SSSR count). The number of halogens is 1. The lowest BCUT2D eigenvalue weighted by Gasteiger charge is -2.08. The fraction of sp³-hybridized carbons (Fsp3) is 0.167. The zero-order valence-electron chi connectivity index (χ0n) is 14.1. The minimum absolute atomic E-state index is 0.137. The number of nitrogens with zero attached hydrogens (tertiary/aromatic N) is 3. The molecule has 0 aliphatic carbocycles. The molecule has 0 spiro atoms. The number of nitrogen functional groups attached to an aromatic ring is 1. The third-order valence-corrected chi connectivity index (χ3v) is 4.79. The number of amides is 1. The van der Waals surface area contributed by atoms with E-state index in [0.717, 1.165) is 22.9 Å². The number of thioether (sulfide) groups is 1. The Bertz CT molecular complexity index is 927. The highest BCUT2D eigenvalue weighted by Crippen LogP contribution is 2.23. The molecule has 0 saturated heterocycles. The first-order valence-electron chi connectivity index (χ1n) is 7.95. The lowest BCUT2D eigenvalue weighted by molar-refractivity contribution is -0.118. The maximum atomic E-state index is 13.9. The van der Waals surface area contributed by atoms with Crippen molar-refractivity contribution in [3.05, 3.63) is 65.5 Å². The Balaban J connectivity index is 1.59. The van der Waals surface area contributed by atoms with Crippen molar-refractivity contribution in [1.82, 2.24) is 20.2 Å². The van der Waals surface area contributed by atoms with Crippen LogP contribution in [0.2, 0.25) is 0 Å². The Kier molecular flexibility index (Phi) is 5.52. The van der Waals surface area contributed by atoms with E-state index < -0.39 is 5.82 Å². The summed E-state index contributed by atoms with van der Waals surface area (Å²) in [4.78, 5) is 12.1. The van der Waals surface area contributed by atoms with Crippen molar-refractivity contribution >= 4 is 17.7 Å². The Morgan fingerprint density at radius 2 is 1.92 bits per heavy atom. The summed E-state index contributed by atoms with van der Waals surface area (Å²) in [6, 6.07) is 14.0. The second-order valence-corrected chi connectivity index (χ2v) is 6.59. The van der Waals surface area contributed by atoms with Gasteiger partial charge in [0.15, 0.2) is 5.82 Å². The lowest BCUT2D eigenvalue weighted by Crippen LogP contribution is -2.25. The molecule has 0 radical (unpaired) electrons. The second kappa shape index (κ2) is 8.01. The van der Waals surface area contributed by atoms with Crippen molar-refractivity contribution in [2.75, 3.05) is 11.6 Å². The summed E-state index contributed by atoms with van der Waals surface area (Å²) in [5.74, 6) is 5.72. The smallest absolute Gasteiger partial charge is 0.230 e. The molecule has 1 aromatic heterocycles. The van der Waals surface area contributed by atoms with Gasteiger partial charge in [-0.1, -0.05) is 48.2 Å². The molecule has 3 aromatic rings. The Morgan fingerprint density at radius 1 is 1.19 bits per heavy atom. The number of aryl methyl sites for hydroxylation is 1. The maximum absolute atomic E-state index is 13.9. The van der Waals surface area contributed by atoms with E-state index in [1.807, 2.05) is 31.2 Å². The van der Waals surface area contributed by atoms with E-state index in [1.165, 1.54) is 10.7 Å². The van der Waals surface area contributed by atoms with Crippen LogP contribution in [0, 0.1) is 12.7 Å². The highest BCUT2D eigenvalue weighted by atomic mass is 32.2. The molecule has 1 amide bonds. The summed E-state index contributed by atoms with van der Waals surface area (Å²) in [5.41, 5.74) is 2.45. The molecule has 1 heterocycles. The Morgan fingerprint density at radius 3 is 2.69 bits per heavy atom. The van der Waals surface area contributed by atoms with Gasteiger partial charge in [-0.05, 0) is 30.2 Å². The van der Waals surface area contributed by atoms with Crippen LogP contribution in [0.4, 0.5) is 4.39 Å². The van der Waals surface area contributed by atoms with Crippen molar-refractivity contribution < 1.29 is 9.18 Å². The molecule has 26 heavy (non-hydrogen) atoms. The molecule has 3 N–H and O–H groups in total. The van der Waals surface area contributed by atoms with Gasteiger partial charge in [0, 0.05) is 6.54 Å². The number of carbonyl (C=O) groups excluding carboxylic acids is 1. The molecule has 0 atom stereocenters. The largest absolute Gasteiger partial charge is 0.351 e. The number of carbonyl (C=O) groups is 1. The SMILES string of the molecule is Cc1ccccc1CNC(=O)CSc1nnc(-c2ccccc2F)n1N. The predicted octanol–water partition coefficient (Wildman–Crippen LogP) is 2.51. The first-order valence-corrected chi connectivity index (χ1v) is 8.94. The fourth-order valence-corrected chi connectivity index (χ4v) is 3.07. The van der Waals surface area contributed by atoms with Gasteiger partial charge in [-0.2, -0.15) is 0 Å². The Labute approximate surface area is 154 Å². The Hall–Kier alpha value is -2.87. The zero-order valence-corrected chi connectivity index (χ0v) is 15.0. The molecule has 0 fully saturated rings. The normalized spacial score (nSPS) is 10.7. The standard InChI is InChI=1S/C18H18FN5OS/c1-12-6-2-3-7-13(12)10-21-16(25)11-26-18-23-22-17(24(18)20)14-8-4-5-9-15(14)19/h2-9H,10-11,20H2,1H3,(H,21,25). The minimum atomic E-state index is -0.431. The molecule has 0 unspecified atom stereocenters. The van der Waals surface area contributed by atoms with Gasteiger partial charge in [0.2, 0.25) is 11.1 Å². The number of hydrogen-bond acceptors (Lipinski definition) is 5. The molecular weight excluding hydrogens is 353 g/mol. The van der Waals surface area contributed by atoms with Crippen LogP contribution in [0.5, 0.6) is 0 Å². The van der Waals surface area contributed by atoms with Crippen molar-refractivity contribution in [2.45, 2.75) is 18.6 Å². The third-order valence-electron chi connectivity index (χ3n) is 3.85. The molecule has 2 aromatic carbocycles. The third kappa shape index (κ3) is 4.02. The summed E-state index contributed by atoms with van der Waals surface area (Å²) >= 11 is 1.15. The number of nitrogens with one attached hydrogen (secondary N) is 1. The van der Waals surface area contributed by atoms with E-state index in [9.17, 15) is 9.18 Å². The first kappa shape index (κ1) is 17.9. The van der Waals surface area contributed by atoms with Crippen LogP contribution in [0.1, 0.15) is 11.1 Å². The van der Waals surface area contributed by atoms with Crippen LogP contribution in [-0.2, 0) is 11.3 Å². The summed E-state index contributed by atoms with van der Waals surface area (Å²) in [5, 5.41) is 11.1. The van der Waals surface area contributed by atoms with Crippen molar-refractivity contribution in [2.24, 2.45) is 0 Å². The summed E-state index contributed by atoms with van der Waals surface area (Å²) in [7, 11) is 0. The van der Waals surface area contributed by atoms with Crippen molar-refractivity contribution in [3.8, 4) is 11.4 Å². The van der Waals surface area contributed by atoms with Gasteiger partial charge in [0.1, 0.15) is 5.82 Å². The van der Waals surface area contributed by atoms with E-state index >= 15 is 0 Å². The number of aromatic nitrogens is 3. The minimum Gasteiger partial charge on any atom is -0.351 e. The van der Waals surface area contributed by atoms with Crippen molar-refractivity contribution in [3.63, 3.8) is 0 Å². The molecule has 8 heteroatoms. The topological polar surface area (TPSA) is 85.8 Å². The molecule has 0 saturated carbocycles. The van der Waals surface area contributed by atoms with Gasteiger partial charge < -0.3 is 11.2 Å². The quantitative estimate of drug-likeness (QED) is 0.514. The van der Waals surface area contributed by atoms with Gasteiger partial charge in [0.25, 0.3) is 0 Å². The van der Waals surface area contributed by atoms with E-state index in [2.05, 4.69) is 15.5 Å². The maximum Gasteiger partial charge on any atom is 0.230 e. The highest BCUT2D eigenvalue weighted by molar-refractivity contribution is 7.99. The van der Waals surface area contributed by atoms with Crippen LogP contribution in [0.25, 0.3) is 11.4 Å². The van der Waals surface area contributed by atoms with Gasteiger partial charge >= 0.3 is 0 Å². The molecule has 0 aliphatic rings. The van der Waals surface area contributed by atoms with Crippen LogP contribution in [0.15, 0.2) is 53.7 Å². The average Bonchev–Trinajstić information content (AvgIpc) is 3.00. The number of benzene rings is 2. The van der Waals surface area contributed by atoms with Gasteiger partial charge in [-0.15, -0.1) is 10.2 Å². The highest BCUT2D eigenvalue weighted by Gasteiger charge is 2.16. The van der Waals surface area contributed by atoms with Gasteiger partial charge in [0.05, 0.1) is 11.3 Å². The average molecular weight is 371 g/mol.